The van der Waals surface area contributed by atoms with Gasteiger partial charge in [-0.3, -0.25) is 9.59 Å². The molecule has 6 heteroatoms. The topological polar surface area (TPSA) is 86.6 Å². The molecule has 104 valence electrons. The zero-order valence-electron chi connectivity index (χ0n) is 10.4. The first-order chi connectivity index (χ1) is 9.11. The monoisotopic (exact) mass is 283 g/mol. The molecule has 0 aliphatic rings. The summed E-state index contributed by atoms with van der Waals surface area (Å²) in [6.45, 7) is -0.149. The zero-order chi connectivity index (χ0) is 14.1. The molecule has 5 nitrogen and oxygen atoms in total. The van der Waals surface area contributed by atoms with Crippen molar-refractivity contribution in [1.29, 1.82) is 0 Å². The Balaban J connectivity index is 2.35. The number of hydrogen-bond donors (Lipinski definition) is 3. The lowest BCUT2D eigenvalue weighted by atomic mass is 10.1. The van der Waals surface area contributed by atoms with Crippen molar-refractivity contribution in [1.82, 2.24) is 5.32 Å². The molecule has 0 aliphatic carbocycles. The van der Waals surface area contributed by atoms with Gasteiger partial charge in [-0.25, -0.2) is 0 Å². The van der Waals surface area contributed by atoms with Crippen LogP contribution < -0.4 is 5.32 Å². The summed E-state index contributed by atoms with van der Waals surface area (Å²) >= 11 is 1.04. The van der Waals surface area contributed by atoms with E-state index in [1.54, 1.807) is 0 Å². The van der Waals surface area contributed by atoms with E-state index < -0.39 is 5.97 Å². The van der Waals surface area contributed by atoms with Crippen LogP contribution in [-0.4, -0.2) is 46.2 Å². The van der Waals surface area contributed by atoms with Gasteiger partial charge in [0.25, 0.3) is 0 Å². The number of carbonyl (C=O) groups is 2. The molecular formula is C13H17NO4S. The summed E-state index contributed by atoms with van der Waals surface area (Å²) in [5, 5.41) is 20.4. The third-order valence-corrected chi connectivity index (χ3v) is 3.29. The second kappa shape index (κ2) is 8.55. The molecule has 1 aromatic rings. The van der Waals surface area contributed by atoms with Crippen molar-refractivity contribution >= 4 is 23.6 Å². The van der Waals surface area contributed by atoms with Gasteiger partial charge in [0.2, 0.25) is 5.91 Å². The lowest BCUT2D eigenvalue weighted by Crippen LogP contribution is -2.40. The summed E-state index contributed by atoms with van der Waals surface area (Å²) in [6, 6.07) is 9.20. The van der Waals surface area contributed by atoms with Crippen LogP contribution in [-0.2, 0) is 16.0 Å². The smallest absolute Gasteiger partial charge is 0.313 e. The van der Waals surface area contributed by atoms with Crippen LogP contribution in [0.2, 0.25) is 0 Å². The highest BCUT2D eigenvalue weighted by Crippen LogP contribution is 2.04. The predicted octanol–water partition coefficient (Wildman–Crippen LogP) is 0.524. The molecule has 1 rings (SSSR count). The number of benzene rings is 1. The Morgan fingerprint density at radius 1 is 1.21 bits per heavy atom. The highest BCUT2D eigenvalue weighted by molar-refractivity contribution is 8.00. The number of nitrogens with one attached hydrogen (secondary N) is 1. The van der Waals surface area contributed by atoms with Gasteiger partial charge in [0.1, 0.15) is 0 Å². The molecule has 0 fully saturated rings. The number of rotatable bonds is 8. The van der Waals surface area contributed by atoms with E-state index in [-0.39, 0.29) is 30.1 Å². The summed E-state index contributed by atoms with van der Waals surface area (Å²) in [4.78, 5) is 21.9. The highest BCUT2D eigenvalue weighted by atomic mass is 32.2. The van der Waals surface area contributed by atoms with Crippen LogP contribution in [0.1, 0.15) is 5.56 Å². The van der Waals surface area contributed by atoms with Crippen molar-refractivity contribution in [3.63, 3.8) is 0 Å². The van der Waals surface area contributed by atoms with Crippen LogP contribution in [0.15, 0.2) is 30.3 Å². The van der Waals surface area contributed by atoms with Crippen LogP contribution in [0.5, 0.6) is 0 Å². The van der Waals surface area contributed by atoms with Gasteiger partial charge in [0.15, 0.2) is 0 Å². The third-order valence-electron chi connectivity index (χ3n) is 2.37. The van der Waals surface area contributed by atoms with Crippen LogP contribution in [0.3, 0.4) is 0 Å². The average molecular weight is 283 g/mol. The van der Waals surface area contributed by atoms with E-state index >= 15 is 0 Å². The number of carboxylic acid groups (broad SMARTS) is 1. The van der Waals surface area contributed by atoms with E-state index in [2.05, 4.69) is 5.32 Å². The number of aliphatic hydroxyl groups is 1. The van der Waals surface area contributed by atoms with E-state index in [1.165, 1.54) is 0 Å². The second-order valence-electron chi connectivity index (χ2n) is 4.02. The first-order valence-corrected chi connectivity index (χ1v) is 7.01. The van der Waals surface area contributed by atoms with Crippen LogP contribution in [0.25, 0.3) is 0 Å². The quantitative estimate of drug-likeness (QED) is 0.647. The van der Waals surface area contributed by atoms with Crippen molar-refractivity contribution < 1.29 is 19.8 Å². The number of amides is 1. The Kier molecular flexibility index (Phi) is 6.99. The fourth-order valence-corrected chi connectivity index (χ4v) is 2.11. The number of aliphatic carboxylic acids is 1. The Morgan fingerprint density at radius 2 is 1.89 bits per heavy atom. The maximum Gasteiger partial charge on any atom is 0.313 e. The summed E-state index contributed by atoms with van der Waals surface area (Å²) in [5.74, 6) is -1.23. The van der Waals surface area contributed by atoms with Gasteiger partial charge in [-0.05, 0) is 12.0 Å². The number of hydrogen-bond acceptors (Lipinski definition) is 4. The standard InChI is InChI=1S/C13H17NO4S/c15-7-11(6-10-4-2-1-3-5-10)14-12(16)8-19-9-13(17)18/h1-5,11,15H,6-9H2,(H,14,16)(H,17,18). The normalized spacial score (nSPS) is 11.8. The van der Waals surface area contributed by atoms with Gasteiger partial charge in [0, 0.05) is 0 Å². The van der Waals surface area contributed by atoms with E-state index in [0.717, 1.165) is 17.3 Å². The molecule has 0 aromatic heterocycles. The summed E-state index contributed by atoms with van der Waals surface area (Å²) in [5.41, 5.74) is 1.03. The van der Waals surface area contributed by atoms with E-state index in [4.69, 9.17) is 5.11 Å². The lowest BCUT2D eigenvalue weighted by molar-refractivity contribution is -0.133. The number of carbonyl (C=O) groups excluding carboxylic acids is 1. The minimum Gasteiger partial charge on any atom is -0.481 e. The first kappa shape index (κ1) is 15.5. The van der Waals surface area contributed by atoms with Gasteiger partial charge in [-0.15, -0.1) is 11.8 Å². The van der Waals surface area contributed by atoms with Crippen molar-refractivity contribution in [2.24, 2.45) is 0 Å². The Labute approximate surface area is 116 Å². The molecule has 19 heavy (non-hydrogen) atoms. The molecule has 0 heterocycles. The fraction of sp³-hybridized carbons (Fsp3) is 0.385. The molecule has 1 amide bonds. The Bertz CT molecular complexity index is 410. The van der Waals surface area contributed by atoms with E-state index in [1.807, 2.05) is 30.3 Å². The maximum absolute atomic E-state index is 11.5. The van der Waals surface area contributed by atoms with Gasteiger partial charge in [-0.1, -0.05) is 30.3 Å². The second-order valence-corrected chi connectivity index (χ2v) is 5.01. The van der Waals surface area contributed by atoms with Crippen molar-refractivity contribution in [2.45, 2.75) is 12.5 Å². The molecule has 0 spiro atoms. The van der Waals surface area contributed by atoms with E-state index in [9.17, 15) is 14.7 Å². The summed E-state index contributed by atoms with van der Waals surface area (Å²) < 4.78 is 0. The highest BCUT2D eigenvalue weighted by Gasteiger charge is 2.12. The molecule has 0 radical (unpaired) electrons. The maximum atomic E-state index is 11.5. The number of thioether (sulfide) groups is 1. The molecule has 3 N–H and O–H groups in total. The summed E-state index contributed by atoms with van der Waals surface area (Å²) in [7, 11) is 0. The summed E-state index contributed by atoms with van der Waals surface area (Å²) in [6.07, 6.45) is 0.548. The molecule has 0 aliphatic heterocycles. The van der Waals surface area contributed by atoms with Gasteiger partial charge in [0.05, 0.1) is 24.2 Å². The lowest BCUT2D eigenvalue weighted by Gasteiger charge is -2.16. The number of carboxylic acids is 1. The van der Waals surface area contributed by atoms with Gasteiger partial charge in [-0.2, -0.15) is 0 Å². The largest absolute Gasteiger partial charge is 0.481 e. The number of aliphatic hydroxyl groups excluding tert-OH is 1. The Morgan fingerprint density at radius 3 is 2.47 bits per heavy atom. The molecule has 0 saturated heterocycles. The minimum atomic E-state index is -0.944. The molecule has 1 aromatic carbocycles. The van der Waals surface area contributed by atoms with E-state index in [0.29, 0.717) is 6.42 Å². The predicted molar refractivity (Wildman–Crippen MR) is 74.1 cm³/mol. The van der Waals surface area contributed by atoms with Crippen molar-refractivity contribution in [2.75, 3.05) is 18.1 Å². The fourth-order valence-electron chi connectivity index (χ4n) is 1.56. The average Bonchev–Trinajstić information content (AvgIpc) is 2.38. The SMILES string of the molecule is O=C(O)CSCC(=O)NC(CO)Cc1ccccc1. The molecule has 0 saturated carbocycles. The van der Waals surface area contributed by atoms with Crippen molar-refractivity contribution in [3.05, 3.63) is 35.9 Å². The molecular weight excluding hydrogens is 266 g/mol. The van der Waals surface area contributed by atoms with Gasteiger partial charge >= 0.3 is 5.97 Å². The minimum absolute atomic E-state index is 0.0809. The zero-order valence-corrected chi connectivity index (χ0v) is 11.2. The molecule has 1 atom stereocenters. The van der Waals surface area contributed by atoms with Crippen LogP contribution in [0, 0.1) is 0 Å². The Hall–Kier alpha value is -1.53. The molecule has 1 unspecified atom stereocenters. The van der Waals surface area contributed by atoms with Gasteiger partial charge < -0.3 is 15.5 Å². The molecule has 0 bridgehead atoms. The van der Waals surface area contributed by atoms with Crippen LogP contribution in [0.4, 0.5) is 0 Å². The van der Waals surface area contributed by atoms with Crippen molar-refractivity contribution in [3.8, 4) is 0 Å². The first-order valence-electron chi connectivity index (χ1n) is 5.85. The third kappa shape index (κ3) is 6.83. The van der Waals surface area contributed by atoms with Crippen LogP contribution >= 0.6 is 11.8 Å².